The molecule has 0 spiro atoms. The van der Waals surface area contributed by atoms with Crippen LogP contribution in [0.4, 0.5) is 0 Å². The number of nitrogens with two attached hydrogens (primary N) is 1. The molecule has 10 heavy (non-hydrogen) atoms. The molecular weight excluding hydrogens is 124 g/mol. The van der Waals surface area contributed by atoms with Gasteiger partial charge in [-0.1, -0.05) is 0 Å². The summed E-state index contributed by atoms with van der Waals surface area (Å²) in [4.78, 5) is 2.48. The first-order valence-electron chi connectivity index (χ1n) is 4.23. The Hall–Kier alpha value is -0.0800. The lowest BCUT2D eigenvalue weighted by Crippen LogP contribution is -2.30. The number of hydrogen-bond acceptors (Lipinski definition) is 2. The monoisotopic (exact) mass is 140 g/mol. The minimum Gasteiger partial charge on any atom is -0.330 e. The van der Waals surface area contributed by atoms with E-state index in [1.54, 1.807) is 0 Å². The maximum Gasteiger partial charge on any atom is 0.0136 e. The third-order valence-electron chi connectivity index (χ3n) is 3.29. The Morgan fingerprint density at radius 2 is 2.30 bits per heavy atom. The van der Waals surface area contributed by atoms with E-state index in [1.165, 1.54) is 19.4 Å². The van der Waals surface area contributed by atoms with Gasteiger partial charge in [0.2, 0.25) is 0 Å². The molecule has 2 fully saturated rings. The summed E-state index contributed by atoms with van der Waals surface area (Å²) >= 11 is 0. The van der Waals surface area contributed by atoms with Crippen molar-refractivity contribution in [1.82, 2.24) is 4.90 Å². The number of hydrogen-bond donors (Lipinski definition) is 1. The fourth-order valence-corrected chi connectivity index (χ4v) is 2.76. The van der Waals surface area contributed by atoms with Crippen molar-refractivity contribution in [3.63, 3.8) is 0 Å². The lowest BCUT2D eigenvalue weighted by Gasteiger charge is -2.21. The Labute approximate surface area is 62.4 Å². The number of fused-ring (bicyclic) bond motifs is 2. The van der Waals surface area contributed by atoms with Crippen LogP contribution in [0, 0.1) is 11.8 Å². The highest BCUT2D eigenvalue weighted by atomic mass is 15.2. The zero-order chi connectivity index (χ0) is 7.14. The molecule has 0 radical (unpaired) electrons. The molecule has 1 saturated carbocycles. The molecule has 3 atom stereocenters. The molecule has 0 amide bonds. The van der Waals surface area contributed by atoms with Crippen LogP contribution in [0.2, 0.25) is 0 Å². The standard InChI is InChI=1S/C8H16N2/c1-10-5-6-2-3-8(10)7(6)4-9/h6-8H,2-5,9H2,1H3. The van der Waals surface area contributed by atoms with Gasteiger partial charge in [-0.05, 0) is 38.3 Å². The van der Waals surface area contributed by atoms with E-state index in [2.05, 4.69) is 11.9 Å². The highest BCUT2D eigenvalue weighted by Gasteiger charge is 2.43. The smallest absolute Gasteiger partial charge is 0.0136 e. The van der Waals surface area contributed by atoms with Crippen molar-refractivity contribution in [3.8, 4) is 0 Å². The van der Waals surface area contributed by atoms with E-state index in [4.69, 9.17) is 5.73 Å². The maximum absolute atomic E-state index is 5.69. The summed E-state index contributed by atoms with van der Waals surface area (Å²) < 4.78 is 0. The molecule has 2 bridgehead atoms. The minimum absolute atomic E-state index is 0.824. The number of likely N-dealkylation sites (tertiary alicyclic amines) is 1. The summed E-state index contributed by atoms with van der Waals surface area (Å²) in [7, 11) is 2.23. The van der Waals surface area contributed by atoms with Crippen LogP contribution in [0.3, 0.4) is 0 Å². The number of nitrogens with zero attached hydrogens (tertiary/aromatic N) is 1. The molecule has 1 saturated heterocycles. The van der Waals surface area contributed by atoms with E-state index in [9.17, 15) is 0 Å². The van der Waals surface area contributed by atoms with Gasteiger partial charge >= 0.3 is 0 Å². The van der Waals surface area contributed by atoms with Crippen LogP contribution in [-0.2, 0) is 0 Å². The van der Waals surface area contributed by atoms with Gasteiger partial charge in [0.25, 0.3) is 0 Å². The second-order valence-electron chi connectivity index (χ2n) is 3.74. The van der Waals surface area contributed by atoms with Gasteiger partial charge in [0, 0.05) is 12.6 Å². The van der Waals surface area contributed by atoms with E-state index in [1.807, 2.05) is 0 Å². The predicted octanol–water partition coefficient (Wildman–Crippen LogP) is 0.285. The second kappa shape index (κ2) is 2.21. The van der Waals surface area contributed by atoms with Gasteiger partial charge < -0.3 is 10.6 Å². The SMILES string of the molecule is CN1CC2CCC1C2CN. The van der Waals surface area contributed by atoms with Crippen molar-refractivity contribution < 1.29 is 0 Å². The molecule has 3 unspecified atom stereocenters. The number of piperidine rings is 1. The summed E-state index contributed by atoms with van der Waals surface area (Å²) in [5, 5.41) is 0. The van der Waals surface area contributed by atoms with E-state index in [-0.39, 0.29) is 0 Å². The van der Waals surface area contributed by atoms with Gasteiger partial charge in [-0.3, -0.25) is 0 Å². The van der Waals surface area contributed by atoms with Crippen molar-refractivity contribution in [2.45, 2.75) is 18.9 Å². The van der Waals surface area contributed by atoms with Crippen LogP contribution >= 0.6 is 0 Å². The molecule has 0 aromatic heterocycles. The first-order valence-corrected chi connectivity index (χ1v) is 4.23. The van der Waals surface area contributed by atoms with E-state index >= 15 is 0 Å². The third kappa shape index (κ3) is 0.722. The van der Waals surface area contributed by atoms with Crippen molar-refractivity contribution >= 4 is 0 Å². The lowest BCUT2D eigenvalue weighted by molar-refractivity contribution is 0.253. The average Bonchev–Trinajstić information content (AvgIpc) is 2.42. The van der Waals surface area contributed by atoms with Gasteiger partial charge in [-0.15, -0.1) is 0 Å². The molecule has 0 aromatic rings. The van der Waals surface area contributed by atoms with Crippen molar-refractivity contribution in [1.29, 1.82) is 0 Å². The molecule has 1 aliphatic heterocycles. The van der Waals surface area contributed by atoms with Crippen LogP contribution in [0.25, 0.3) is 0 Å². The molecule has 2 heteroatoms. The van der Waals surface area contributed by atoms with Crippen molar-refractivity contribution in [2.24, 2.45) is 17.6 Å². The zero-order valence-electron chi connectivity index (χ0n) is 6.59. The van der Waals surface area contributed by atoms with Gasteiger partial charge in [-0.2, -0.15) is 0 Å². The lowest BCUT2D eigenvalue weighted by atomic mass is 9.99. The molecule has 2 aliphatic rings. The van der Waals surface area contributed by atoms with Crippen LogP contribution in [0.5, 0.6) is 0 Å². The maximum atomic E-state index is 5.69. The Kier molecular flexibility index (Phi) is 1.46. The molecule has 2 rings (SSSR count). The third-order valence-corrected chi connectivity index (χ3v) is 3.29. The Morgan fingerprint density at radius 1 is 1.50 bits per heavy atom. The van der Waals surface area contributed by atoms with Crippen LogP contribution < -0.4 is 5.73 Å². The first-order chi connectivity index (χ1) is 4.83. The summed E-state index contributed by atoms with van der Waals surface area (Å²) in [5.74, 6) is 1.75. The van der Waals surface area contributed by atoms with E-state index in [0.29, 0.717) is 0 Å². The van der Waals surface area contributed by atoms with Gasteiger partial charge in [-0.25, -0.2) is 0 Å². The van der Waals surface area contributed by atoms with Crippen LogP contribution in [-0.4, -0.2) is 31.1 Å². The highest BCUT2D eigenvalue weighted by molar-refractivity contribution is 4.97. The van der Waals surface area contributed by atoms with Gasteiger partial charge in [0.1, 0.15) is 0 Å². The predicted molar refractivity (Wildman–Crippen MR) is 41.7 cm³/mol. The average molecular weight is 140 g/mol. The van der Waals surface area contributed by atoms with Crippen LogP contribution in [0.15, 0.2) is 0 Å². The molecule has 1 heterocycles. The molecular formula is C8H16N2. The second-order valence-corrected chi connectivity index (χ2v) is 3.74. The molecule has 1 aliphatic carbocycles. The number of rotatable bonds is 1. The molecule has 0 aromatic carbocycles. The molecule has 58 valence electrons. The zero-order valence-corrected chi connectivity index (χ0v) is 6.59. The summed E-state index contributed by atoms with van der Waals surface area (Å²) in [6.45, 7) is 2.20. The van der Waals surface area contributed by atoms with Gasteiger partial charge in [0.05, 0.1) is 0 Å². The van der Waals surface area contributed by atoms with Crippen LogP contribution in [0.1, 0.15) is 12.8 Å². The van der Waals surface area contributed by atoms with Crippen molar-refractivity contribution in [2.75, 3.05) is 20.1 Å². The fraction of sp³-hybridized carbons (Fsp3) is 1.00. The summed E-state index contributed by atoms with van der Waals surface area (Å²) in [5.41, 5.74) is 5.69. The summed E-state index contributed by atoms with van der Waals surface area (Å²) in [6.07, 6.45) is 2.82. The molecule has 2 N–H and O–H groups in total. The minimum atomic E-state index is 0.824. The Balaban J connectivity index is 2.11. The highest BCUT2D eigenvalue weighted by Crippen LogP contribution is 2.40. The molecule has 2 nitrogen and oxygen atoms in total. The van der Waals surface area contributed by atoms with E-state index < -0.39 is 0 Å². The quantitative estimate of drug-likeness (QED) is 0.567. The normalized spacial score (nSPS) is 46.8. The van der Waals surface area contributed by atoms with E-state index in [0.717, 1.165) is 24.4 Å². The largest absolute Gasteiger partial charge is 0.330 e. The fourth-order valence-electron chi connectivity index (χ4n) is 2.76. The Morgan fingerprint density at radius 3 is 2.60 bits per heavy atom. The first kappa shape index (κ1) is 6.62. The van der Waals surface area contributed by atoms with Crippen molar-refractivity contribution in [3.05, 3.63) is 0 Å². The summed E-state index contributed by atoms with van der Waals surface area (Å²) in [6, 6.07) is 0.829. The topological polar surface area (TPSA) is 29.3 Å². The Bertz CT molecular complexity index is 135. The van der Waals surface area contributed by atoms with Gasteiger partial charge in [0.15, 0.2) is 0 Å².